The zero-order valence-corrected chi connectivity index (χ0v) is 12.7. The number of hydrogen-bond donors (Lipinski definition) is 2. The van der Waals surface area contributed by atoms with Gasteiger partial charge in [-0.05, 0) is 49.4 Å². The van der Waals surface area contributed by atoms with E-state index in [-0.39, 0.29) is 23.8 Å². The van der Waals surface area contributed by atoms with Crippen molar-refractivity contribution >= 4 is 29.1 Å². The van der Waals surface area contributed by atoms with E-state index in [9.17, 15) is 4.79 Å². The van der Waals surface area contributed by atoms with Gasteiger partial charge in [0.1, 0.15) is 0 Å². The molecule has 0 aromatic heterocycles. The Labute approximate surface area is 129 Å². The molecule has 108 valence electrons. The SMILES string of the molecule is O=C(NC1CCCNC1)C1CC1c1ccc(Cl)cc1Cl. The van der Waals surface area contributed by atoms with Crippen molar-refractivity contribution in [3.63, 3.8) is 0 Å². The summed E-state index contributed by atoms with van der Waals surface area (Å²) in [4.78, 5) is 12.2. The third-order valence-electron chi connectivity index (χ3n) is 4.13. The Morgan fingerprint density at radius 1 is 1.35 bits per heavy atom. The maximum absolute atomic E-state index is 12.2. The molecule has 1 aromatic carbocycles. The molecule has 1 heterocycles. The predicted molar refractivity (Wildman–Crippen MR) is 81.3 cm³/mol. The first-order valence-corrected chi connectivity index (χ1v) is 7.87. The molecule has 2 fully saturated rings. The number of carbonyl (C=O) groups is 1. The fourth-order valence-electron chi connectivity index (χ4n) is 2.91. The summed E-state index contributed by atoms with van der Waals surface area (Å²) in [6, 6.07) is 5.79. The van der Waals surface area contributed by atoms with Crippen LogP contribution in [-0.4, -0.2) is 25.0 Å². The van der Waals surface area contributed by atoms with E-state index in [1.807, 2.05) is 12.1 Å². The van der Waals surface area contributed by atoms with Crippen LogP contribution in [0.3, 0.4) is 0 Å². The highest BCUT2D eigenvalue weighted by atomic mass is 35.5. The van der Waals surface area contributed by atoms with Crippen molar-refractivity contribution < 1.29 is 4.79 Å². The van der Waals surface area contributed by atoms with Gasteiger partial charge in [-0.2, -0.15) is 0 Å². The summed E-state index contributed by atoms with van der Waals surface area (Å²) >= 11 is 12.1. The molecule has 2 N–H and O–H groups in total. The van der Waals surface area contributed by atoms with E-state index < -0.39 is 0 Å². The summed E-state index contributed by atoms with van der Waals surface area (Å²) in [5.74, 6) is 0.474. The van der Waals surface area contributed by atoms with E-state index in [4.69, 9.17) is 23.2 Å². The second-order valence-electron chi connectivity index (χ2n) is 5.67. The van der Waals surface area contributed by atoms with E-state index in [0.29, 0.717) is 10.0 Å². The Bertz CT molecular complexity index is 515. The highest BCUT2D eigenvalue weighted by Gasteiger charge is 2.45. The number of carbonyl (C=O) groups excluding carboxylic acids is 1. The van der Waals surface area contributed by atoms with Crippen LogP contribution in [0.2, 0.25) is 10.0 Å². The zero-order valence-electron chi connectivity index (χ0n) is 11.2. The van der Waals surface area contributed by atoms with Gasteiger partial charge >= 0.3 is 0 Å². The lowest BCUT2D eigenvalue weighted by atomic mass is 10.1. The molecular formula is C15H18Cl2N2O. The van der Waals surface area contributed by atoms with E-state index in [0.717, 1.165) is 37.9 Å². The molecular weight excluding hydrogens is 295 g/mol. The van der Waals surface area contributed by atoms with Gasteiger partial charge in [0, 0.05) is 28.5 Å². The predicted octanol–water partition coefficient (Wildman–Crippen LogP) is 2.97. The van der Waals surface area contributed by atoms with Crippen molar-refractivity contribution in [3.8, 4) is 0 Å². The number of amides is 1. The number of nitrogens with one attached hydrogen (secondary N) is 2. The average Bonchev–Trinajstić information content (AvgIpc) is 3.20. The molecule has 3 nitrogen and oxygen atoms in total. The van der Waals surface area contributed by atoms with Gasteiger partial charge in [-0.25, -0.2) is 0 Å². The molecule has 1 aromatic rings. The summed E-state index contributed by atoms with van der Waals surface area (Å²) in [7, 11) is 0. The maximum Gasteiger partial charge on any atom is 0.224 e. The van der Waals surface area contributed by atoms with E-state index >= 15 is 0 Å². The van der Waals surface area contributed by atoms with Gasteiger partial charge in [0.15, 0.2) is 0 Å². The van der Waals surface area contributed by atoms with Crippen LogP contribution in [-0.2, 0) is 4.79 Å². The van der Waals surface area contributed by atoms with Crippen LogP contribution in [0.25, 0.3) is 0 Å². The molecule has 3 atom stereocenters. The molecule has 1 amide bonds. The number of hydrogen-bond acceptors (Lipinski definition) is 2. The molecule has 20 heavy (non-hydrogen) atoms. The van der Waals surface area contributed by atoms with Gasteiger partial charge in [0.05, 0.1) is 0 Å². The lowest BCUT2D eigenvalue weighted by Crippen LogP contribution is -2.46. The van der Waals surface area contributed by atoms with Gasteiger partial charge in [0.2, 0.25) is 5.91 Å². The minimum Gasteiger partial charge on any atom is -0.352 e. The highest BCUT2D eigenvalue weighted by Crippen LogP contribution is 2.50. The number of benzene rings is 1. The van der Waals surface area contributed by atoms with Crippen molar-refractivity contribution in [2.24, 2.45) is 5.92 Å². The Balaban J connectivity index is 1.59. The second kappa shape index (κ2) is 5.92. The van der Waals surface area contributed by atoms with Crippen LogP contribution in [0.1, 0.15) is 30.7 Å². The minimum atomic E-state index is 0.0654. The largest absolute Gasteiger partial charge is 0.352 e. The van der Waals surface area contributed by atoms with Crippen LogP contribution in [0.4, 0.5) is 0 Å². The van der Waals surface area contributed by atoms with Gasteiger partial charge < -0.3 is 10.6 Å². The Morgan fingerprint density at radius 3 is 2.90 bits per heavy atom. The van der Waals surface area contributed by atoms with Crippen molar-refractivity contribution in [1.82, 2.24) is 10.6 Å². The highest BCUT2D eigenvalue weighted by molar-refractivity contribution is 6.35. The van der Waals surface area contributed by atoms with E-state index in [2.05, 4.69) is 10.6 Å². The zero-order chi connectivity index (χ0) is 14.1. The number of piperidine rings is 1. The van der Waals surface area contributed by atoms with Crippen LogP contribution in [0.15, 0.2) is 18.2 Å². The number of halogens is 2. The summed E-state index contributed by atoms with van der Waals surface area (Å²) in [5, 5.41) is 7.75. The molecule has 1 aliphatic heterocycles. The molecule has 0 radical (unpaired) electrons. The number of rotatable bonds is 3. The molecule has 1 saturated carbocycles. The summed E-state index contributed by atoms with van der Waals surface area (Å²) in [5.41, 5.74) is 1.04. The topological polar surface area (TPSA) is 41.1 Å². The molecule has 1 aliphatic carbocycles. The third kappa shape index (κ3) is 3.11. The quantitative estimate of drug-likeness (QED) is 0.901. The molecule has 1 saturated heterocycles. The van der Waals surface area contributed by atoms with E-state index in [1.165, 1.54) is 0 Å². The Kier molecular flexibility index (Phi) is 4.20. The Morgan fingerprint density at radius 2 is 2.20 bits per heavy atom. The molecule has 3 rings (SSSR count). The third-order valence-corrected chi connectivity index (χ3v) is 4.69. The maximum atomic E-state index is 12.2. The second-order valence-corrected chi connectivity index (χ2v) is 6.51. The standard InChI is InChI=1S/C15H18Cl2N2O/c16-9-3-4-11(14(17)6-9)12-7-13(12)15(20)19-10-2-1-5-18-8-10/h3-4,6,10,12-13,18H,1-2,5,7-8H2,(H,19,20). The normalized spacial score (nSPS) is 29.0. The molecule has 2 aliphatic rings. The van der Waals surface area contributed by atoms with Crippen molar-refractivity contribution in [3.05, 3.63) is 33.8 Å². The monoisotopic (exact) mass is 312 g/mol. The van der Waals surface area contributed by atoms with Crippen LogP contribution in [0, 0.1) is 5.92 Å². The molecule has 5 heteroatoms. The fraction of sp³-hybridized carbons (Fsp3) is 0.533. The fourth-order valence-corrected chi connectivity index (χ4v) is 3.46. The first-order chi connectivity index (χ1) is 9.65. The van der Waals surface area contributed by atoms with Gasteiger partial charge in [-0.1, -0.05) is 29.3 Å². The Hall–Kier alpha value is -0.770. The van der Waals surface area contributed by atoms with Gasteiger partial charge in [-0.3, -0.25) is 4.79 Å². The smallest absolute Gasteiger partial charge is 0.224 e. The van der Waals surface area contributed by atoms with Crippen LogP contribution in [0.5, 0.6) is 0 Å². The van der Waals surface area contributed by atoms with Crippen molar-refractivity contribution in [2.45, 2.75) is 31.2 Å². The molecule has 3 unspecified atom stereocenters. The summed E-state index contributed by atoms with van der Waals surface area (Å²) in [6.45, 7) is 1.93. The lowest BCUT2D eigenvalue weighted by Gasteiger charge is -2.23. The minimum absolute atomic E-state index is 0.0654. The van der Waals surface area contributed by atoms with Gasteiger partial charge in [0.25, 0.3) is 0 Å². The van der Waals surface area contributed by atoms with E-state index in [1.54, 1.807) is 6.07 Å². The summed E-state index contributed by atoms with van der Waals surface area (Å²) in [6.07, 6.45) is 3.08. The molecule has 0 spiro atoms. The lowest BCUT2D eigenvalue weighted by molar-refractivity contribution is -0.123. The van der Waals surface area contributed by atoms with Gasteiger partial charge in [-0.15, -0.1) is 0 Å². The first-order valence-electron chi connectivity index (χ1n) is 7.11. The van der Waals surface area contributed by atoms with Crippen LogP contribution < -0.4 is 10.6 Å². The van der Waals surface area contributed by atoms with Crippen molar-refractivity contribution in [1.29, 1.82) is 0 Å². The first kappa shape index (κ1) is 14.2. The average molecular weight is 313 g/mol. The molecule has 0 bridgehead atoms. The summed E-state index contributed by atoms with van der Waals surface area (Å²) < 4.78 is 0. The van der Waals surface area contributed by atoms with Crippen LogP contribution >= 0.6 is 23.2 Å². The van der Waals surface area contributed by atoms with Crippen molar-refractivity contribution in [2.75, 3.05) is 13.1 Å².